The second-order valence-electron chi connectivity index (χ2n) is 6.42. The maximum Gasteiger partial charge on any atom is 0.281 e. The third-order valence-corrected chi connectivity index (χ3v) is 4.50. The molecule has 0 atom stereocenters. The minimum absolute atomic E-state index is 0.110. The standard InChI is InChI=1S/C21H17N5O5/c1-30-17-6-3-2-5-15(17)13-22-21-23-19(18-7-4-12-31-18)24-25(21)20(27)14-8-10-16(11-9-14)26(28)29/h2-12H,13H2,1H3,(H,22,23,24). The van der Waals surface area contributed by atoms with Gasteiger partial charge in [-0.1, -0.05) is 18.2 Å². The van der Waals surface area contributed by atoms with Crippen LogP contribution >= 0.6 is 0 Å². The van der Waals surface area contributed by atoms with E-state index < -0.39 is 10.8 Å². The summed E-state index contributed by atoms with van der Waals surface area (Å²) >= 11 is 0. The molecule has 10 nitrogen and oxygen atoms in total. The lowest BCUT2D eigenvalue weighted by atomic mass is 10.2. The van der Waals surface area contributed by atoms with E-state index in [1.165, 1.54) is 30.5 Å². The minimum atomic E-state index is -0.529. The number of benzene rings is 2. The summed E-state index contributed by atoms with van der Waals surface area (Å²) in [5, 5.41) is 18.3. The molecule has 0 spiro atoms. The lowest BCUT2D eigenvalue weighted by Crippen LogP contribution is -2.17. The first-order valence-corrected chi connectivity index (χ1v) is 9.22. The zero-order valence-electron chi connectivity index (χ0n) is 16.4. The maximum atomic E-state index is 13.1. The number of aromatic nitrogens is 3. The third-order valence-electron chi connectivity index (χ3n) is 4.50. The molecule has 2 heterocycles. The molecule has 0 fully saturated rings. The number of nitrogens with one attached hydrogen (secondary N) is 1. The van der Waals surface area contributed by atoms with E-state index in [-0.39, 0.29) is 23.0 Å². The molecule has 0 radical (unpaired) electrons. The molecule has 2 aromatic heterocycles. The van der Waals surface area contributed by atoms with Crippen molar-refractivity contribution in [2.75, 3.05) is 12.4 Å². The van der Waals surface area contributed by atoms with Gasteiger partial charge in [-0.2, -0.15) is 9.67 Å². The average Bonchev–Trinajstić information content (AvgIpc) is 3.47. The van der Waals surface area contributed by atoms with Crippen molar-refractivity contribution in [1.82, 2.24) is 14.8 Å². The van der Waals surface area contributed by atoms with Crippen molar-refractivity contribution in [2.24, 2.45) is 0 Å². The van der Waals surface area contributed by atoms with E-state index in [1.54, 1.807) is 19.2 Å². The minimum Gasteiger partial charge on any atom is -0.496 e. The Kier molecular flexibility index (Phi) is 5.43. The summed E-state index contributed by atoms with van der Waals surface area (Å²) in [4.78, 5) is 27.8. The van der Waals surface area contributed by atoms with Gasteiger partial charge in [0.2, 0.25) is 11.8 Å². The number of para-hydroxylation sites is 1. The summed E-state index contributed by atoms with van der Waals surface area (Å²) in [5.74, 6) is 1.01. The molecule has 1 N–H and O–H groups in total. The Morgan fingerprint density at radius 1 is 1.16 bits per heavy atom. The van der Waals surface area contributed by atoms with Crippen LogP contribution in [0.4, 0.5) is 11.6 Å². The fourth-order valence-electron chi connectivity index (χ4n) is 2.95. The first kappa shape index (κ1) is 19.8. The molecule has 4 rings (SSSR count). The Balaban J connectivity index is 1.67. The van der Waals surface area contributed by atoms with E-state index in [0.29, 0.717) is 18.1 Å². The van der Waals surface area contributed by atoms with Gasteiger partial charge in [0.15, 0.2) is 5.76 Å². The SMILES string of the molecule is COc1ccccc1CNc1nc(-c2ccco2)nn1C(=O)c1ccc([N+](=O)[O-])cc1. The quantitative estimate of drug-likeness (QED) is 0.355. The van der Waals surface area contributed by atoms with Crippen molar-refractivity contribution in [3.63, 3.8) is 0 Å². The van der Waals surface area contributed by atoms with Gasteiger partial charge in [0.05, 0.1) is 18.3 Å². The molecule has 0 aliphatic carbocycles. The number of ether oxygens (including phenoxy) is 1. The zero-order chi connectivity index (χ0) is 21.8. The lowest BCUT2D eigenvalue weighted by Gasteiger charge is -2.10. The monoisotopic (exact) mass is 419 g/mol. The zero-order valence-corrected chi connectivity index (χ0v) is 16.4. The van der Waals surface area contributed by atoms with Crippen molar-refractivity contribution in [3.05, 3.63) is 88.2 Å². The number of rotatable bonds is 7. The summed E-state index contributed by atoms with van der Waals surface area (Å²) < 4.78 is 11.8. The molecule has 0 bridgehead atoms. The molecule has 2 aromatic carbocycles. The summed E-state index contributed by atoms with van der Waals surface area (Å²) in [6, 6.07) is 16.1. The first-order chi connectivity index (χ1) is 15.1. The summed E-state index contributed by atoms with van der Waals surface area (Å²) in [7, 11) is 1.58. The van der Waals surface area contributed by atoms with Crippen LogP contribution < -0.4 is 10.1 Å². The molecule has 4 aromatic rings. The van der Waals surface area contributed by atoms with E-state index in [4.69, 9.17) is 9.15 Å². The van der Waals surface area contributed by atoms with Crippen molar-refractivity contribution >= 4 is 17.5 Å². The predicted octanol–water partition coefficient (Wildman–Crippen LogP) is 3.76. The summed E-state index contributed by atoms with van der Waals surface area (Å²) in [6.45, 7) is 0.327. The van der Waals surface area contributed by atoms with Crippen LogP contribution in [0.2, 0.25) is 0 Å². The number of anilines is 1. The van der Waals surface area contributed by atoms with E-state index in [9.17, 15) is 14.9 Å². The molecule has 31 heavy (non-hydrogen) atoms. The average molecular weight is 419 g/mol. The van der Waals surface area contributed by atoms with Crippen LogP contribution in [0.5, 0.6) is 5.75 Å². The molecule has 0 unspecified atom stereocenters. The molecule has 156 valence electrons. The van der Waals surface area contributed by atoms with E-state index in [0.717, 1.165) is 10.2 Å². The number of furan rings is 1. The molecule has 0 aliphatic heterocycles. The van der Waals surface area contributed by atoms with Crippen LogP contribution in [0.25, 0.3) is 11.6 Å². The number of methoxy groups -OCH3 is 1. The Morgan fingerprint density at radius 3 is 2.61 bits per heavy atom. The van der Waals surface area contributed by atoms with E-state index >= 15 is 0 Å². The number of hydrogen-bond donors (Lipinski definition) is 1. The second-order valence-corrected chi connectivity index (χ2v) is 6.42. The van der Waals surface area contributed by atoms with E-state index in [1.807, 2.05) is 24.3 Å². The smallest absolute Gasteiger partial charge is 0.281 e. The largest absolute Gasteiger partial charge is 0.496 e. The highest BCUT2D eigenvalue weighted by Crippen LogP contribution is 2.22. The molecular formula is C21H17N5O5. The molecule has 0 saturated heterocycles. The normalized spacial score (nSPS) is 10.6. The number of carbonyl (C=O) groups is 1. The number of nitro benzene ring substituents is 1. The Morgan fingerprint density at radius 2 is 1.94 bits per heavy atom. The van der Waals surface area contributed by atoms with Gasteiger partial charge in [-0.05, 0) is 30.3 Å². The van der Waals surface area contributed by atoms with Gasteiger partial charge in [0, 0.05) is 29.8 Å². The van der Waals surface area contributed by atoms with Crippen LogP contribution in [0, 0.1) is 10.1 Å². The van der Waals surface area contributed by atoms with Crippen molar-refractivity contribution in [2.45, 2.75) is 6.54 Å². The van der Waals surface area contributed by atoms with Crippen molar-refractivity contribution < 1.29 is 18.9 Å². The van der Waals surface area contributed by atoms with Gasteiger partial charge < -0.3 is 14.5 Å². The summed E-state index contributed by atoms with van der Waals surface area (Å²) in [5.41, 5.74) is 0.977. The van der Waals surface area contributed by atoms with Gasteiger partial charge in [0.1, 0.15) is 5.75 Å². The van der Waals surface area contributed by atoms with Crippen molar-refractivity contribution in [3.8, 4) is 17.3 Å². The van der Waals surface area contributed by atoms with Gasteiger partial charge in [-0.15, -0.1) is 5.10 Å². The number of non-ortho nitro benzene ring substituents is 1. The van der Waals surface area contributed by atoms with Gasteiger partial charge in [-0.3, -0.25) is 14.9 Å². The van der Waals surface area contributed by atoms with Crippen LogP contribution in [0.1, 0.15) is 15.9 Å². The fraction of sp³-hybridized carbons (Fsp3) is 0.0952. The van der Waals surface area contributed by atoms with Crippen LogP contribution in [0.15, 0.2) is 71.3 Å². The number of carbonyl (C=O) groups excluding carboxylic acids is 1. The first-order valence-electron chi connectivity index (χ1n) is 9.22. The van der Waals surface area contributed by atoms with Gasteiger partial charge in [0.25, 0.3) is 11.6 Å². The number of nitro groups is 1. The maximum absolute atomic E-state index is 13.1. The number of nitrogens with zero attached hydrogens (tertiary/aromatic N) is 4. The van der Waals surface area contributed by atoms with Gasteiger partial charge in [-0.25, -0.2) is 0 Å². The highest BCUT2D eigenvalue weighted by Gasteiger charge is 2.21. The highest BCUT2D eigenvalue weighted by atomic mass is 16.6. The fourth-order valence-corrected chi connectivity index (χ4v) is 2.95. The van der Waals surface area contributed by atoms with Crippen molar-refractivity contribution in [1.29, 1.82) is 0 Å². The predicted molar refractivity (Wildman–Crippen MR) is 111 cm³/mol. The topological polar surface area (TPSA) is 125 Å². The van der Waals surface area contributed by atoms with Crippen LogP contribution in [-0.2, 0) is 6.54 Å². The number of hydrogen-bond acceptors (Lipinski definition) is 8. The Bertz CT molecular complexity index is 1220. The Labute approximate surface area is 176 Å². The third kappa shape index (κ3) is 4.13. The van der Waals surface area contributed by atoms with Gasteiger partial charge >= 0.3 is 0 Å². The van der Waals surface area contributed by atoms with E-state index in [2.05, 4.69) is 15.4 Å². The summed E-state index contributed by atoms with van der Waals surface area (Å²) in [6.07, 6.45) is 1.48. The Hall–Kier alpha value is -4.47. The second kappa shape index (κ2) is 8.49. The highest BCUT2D eigenvalue weighted by molar-refractivity contribution is 5.97. The van der Waals surface area contributed by atoms with Crippen LogP contribution in [-0.4, -0.2) is 32.7 Å². The molecule has 10 heteroatoms. The molecule has 0 amide bonds. The lowest BCUT2D eigenvalue weighted by molar-refractivity contribution is -0.384. The molecule has 0 aliphatic rings. The van der Waals surface area contributed by atoms with Crippen LogP contribution in [0.3, 0.4) is 0 Å². The molecular weight excluding hydrogens is 402 g/mol. The molecule has 0 saturated carbocycles.